The van der Waals surface area contributed by atoms with Crippen LogP contribution in [0.15, 0.2) is 36.4 Å². The molecule has 0 spiro atoms. The molecule has 0 aromatic heterocycles. The van der Waals surface area contributed by atoms with Crippen LogP contribution in [0.5, 0.6) is 0 Å². The van der Waals surface area contributed by atoms with Gasteiger partial charge in [0.25, 0.3) is 0 Å². The van der Waals surface area contributed by atoms with Crippen LogP contribution in [-0.2, 0) is 14.3 Å². The van der Waals surface area contributed by atoms with Crippen molar-refractivity contribution in [3.05, 3.63) is 47.5 Å². The number of hydrogen-bond donors (Lipinski definition) is 2. The van der Waals surface area contributed by atoms with Crippen molar-refractivity contribution >= 4 is 11.9 Å². The maximum Gasteiger partial charge on any atom is 0.310 e. The fourth-order valence-electron chi connectivity index (χ4n) is 3.40. The van der Waals surface area contributed by atoms with Crippen molar-refractivity contribution in [1.82, 2.24) is 5.32 Å². The van der Waals surface area contributed by atoms with E-state index in [1.165, 1.54) is 0 Å². The number of nitrogens with one attached hydrogen (secondary N) is 1. The van der Waals surface area contributed by atoms with Crippen molar-refractivity contribution < 1.29 is 19.4 Å². The van der Waals surface area contributed by atoms with E-state index in [2.05, 4.69) is 5.32 Å². The molecule has 2 aliphatic rings. The summed E-state index contributed by atoms with van der Waals surface area (Å²) in [4.78, 5) is 24.1. The Morgan fingerprint density at radius 2 is 1.78 bits per heavy atom. The quantitative estimate of drug-likeness (QED) is 0.817. The Kier molecular flexibility index (Phi) is 4.22. The van der Waals surface area contributed by atoms with E-state index in [1.54, 1.807) is 12.2 Å². The summed E-state index contributed by atoms with van der Waals surface area (Å²) in [5, 5.41) is 12.4. The molecule has 1 amide bonds. The predicted octanol–water partition coefficient (Wildman–Crippen LogP) is 2.22. The number of benzene rings is 1. The Morgan fingerprint density at radius 1 is 1.17 bits per heavy atom. The largest absolute Gasteiger partial charge is 0.481 e. The van der Waals surface area contributed by atoms with Gasteiger partial charge in [0, 0.05) is 0 Å². The van der Waals surface area contributed by atoms with Gasteiger partial charge in [0.15, 0.2) is 0 Å². The summed E-state index contributed by atoms with van der Waals surface area (Å²) < 4.78 is 5.56. The molecule has 0 aliphatic carbocycles. The highest BCUT2D eigenvalue weighted by molar-refractivity contribution is 5.87. The van der Waals surface area contributed by atoms with Gasteiger partial charge in [0.05, 0.1) is 24.2 Å². The van der Waals surface area contributed by atoms with Gasteiger partial charge in [-0.15, -0.1) is 0 Å². The number of carbonyl (C=O) groups excluding carboxylic acids is 1. The van der Waals surface area contributed by atoms with Gasteiger partial charge in [-0.3, -0.25) is 9.59 Å². The lowest BCUT2D eigenvalue weighted by molar-refractivity contribution is -0.146. The van der Waals surface area contributed by atoms with Crippen LogP contribution in [0.2, 0.25) is 0 Å². The van der Waals surface area contributed by atoms with Crippen LogP contribution in [-0.4, -0.2) is 29.2 Å². The maximum absolute atomic E-state index is 12.7. The van der Waals surface area contributed by atoms with Crippen molar-refractivity contribution in [2.45, 2.75) is 38.5 Å². The van der Waals surface area contributed by atoms with E-state index in [-0.39, 0.29) is 11.9 Å². The number of carboxylic acid groups (broad SMARTS) is 1. The molecule has 2 N–H and O–H groups in total. The van der Waals surface area contributed by atoms with E-state index in [0.717, 1.165) is 17.5 Å². The lowest BCUT2D eigenvalue weighted by Gasteiger charge is -2.25. The maximum atomic E-state index is 12.7. The molecule has 5 nitrogen and oxygen atoms in total. The average molecular weight is 315 g/mol. The SMILES string of the molecule is CC[C@H](NC(=O)[C@@H]1[C@@H](C(=O)O)[C@H]2C=C[C@H]1O2)c1ccc(C)cc1. The highest BCUT2D eigenvalue weighted by atomic mass is 16.5. The molecule has 23 heavy (non-hydrogen) atoms. The second-order valence-corrected chi connectivity index (χ2v) is 6.22. The van der Waals surface area contributed by atoms with Crippen LogP contribution in [0.3, 0.4) is 0 Å². The molecular formula is C18H21NO4. The van der Waals surface area contributed by atoms with E-state index in [9.17, 15) is 14.7 Å². The molecule has 5 atom stereocenters. The molecular weight excluding hydrogens is 294 g/mol. The average Bonchev–Trinajstić information content (AvgIpc) is 3.14. The Hall–Kier alpha value is -2.14. The highest BCUT2D eigenvalue weighted by Crippen LogP contribution is 2.39. The molecule has 0 unspecified atom stereocenters. The molecule has 2 heterocycles. The molecule has 2 aliphatic heterocycles. The lowest BCUT2D eigenvalue weighted by atomic mass is 9.82. The minimum Gasteiger partial charge on any atom is -0.481 e. The number of ether oxygens (including phenoxy) is 1. The van der Waals surface area contributed by atoms with Gasteiger partial charge in [-0.1, -0.05) is 48.9 Å². The van der Waals surface area contributed by atoms with Crippen LogP contribution in [0.4, 0.5) is 0 Å². The first-order chi connectivity index (χ1) is 11.0. The van der Waals surface area contributed by atoms with Gasteiger partial charge in [-0.2, -0.15) is 0 Å². The smallest absolute Gasteiger partial charge is 0.310 e. The summed E-state index contributed by atoms with van der Waals surface area (Å²) in [7, 11) is 0. The molecule has 1 saturated heterocycles. The molecule has 1 aromatic rings. The first-order valence-electron chi connectivity index (χ1n) is 7.94. The van der Waals surface area contributed by atoms with Crippen molar-refractivity contribution in [2.24, 2.45) is 11.8 Å². The van der Waals surface area contributed by atoms with Gasteiger partial charge in [-0.25, -0.2) is 0 Å². The second kappa shape index (κ2) is 6.16. The number of fused-ring (bicyclic) bond motifs is 2. The van der Waals surface area contributed by atoms with E-state index < -0.39 is 30.0 Å². The molecule has 2 bridgehead atoms. The predicted molar refractivity (Wildman–Crippen MR) is 84.8 cm³/mol. The van der Waals surface area contributed by atoms with Crippen LogP contribution in [0.25, 0.3) is 0 Å². The molecule has 0 saturated carbocycles. The van der Waals surface area contributed by atoms with E-state index in [0.29, 0.717) is 0 Å². The summed E-state index contributed by atoms with van der Waals surface area (Å²) in [5.74, 6) is -2.70. The van der Waals surface area contributed by atoms with Gasteiger partial charge >= 0.3 is 5.97 Å². The molecule has 5 heteroatoms. The van der Waals surface area contributed by atoms with Crippen LogP contribution >= 0.6 is 0 Å². The Bertz CT molecular complexity index is 637. The van der Waals surface area contributed by atoms with E-state index in [1.807, 2.05) is 38.1 Å². The number of aryl methyl sites for hydroxylation is 1. The minimum absolute atomic E-state index is 0.124. The number of hydrogen-bond acceptors (Lipinski definition) is 3. The Morgan fingerprint density at radius 3 is 2.35 bits per heavy atom. The van der Waals surface area contributed by atoms with Crippen molar-refractivity contribution in [1.29, 1.82) is 0 Å². The summed E-state index contributed by atoms with van der Waals surface area (Å²) in [6, 6.07) is 7.88. The van der Waals surface area contributed by atoms with Crippen LogP contribution < -0.4 is 5.32 Å². The van der Waals surface area contributed by atoms with Crippen LogP contribution in [0.1, 0.15) is 30.5 Å². The summed E-state index contributed by atoms with van der Waals surface area (Å²) in [6.45, 7) is 4.01. The highest BCUT2D eigenvalue weighted by Gasteiger charge is 2.53. The zero-order valence-electron chi connectivity index (χ0n) is 13.2. The van der Waals surface area contributed by atoms with E-state index in [4.69, 9.17) is 4.74 Å². The number of rotatable bonds is 5. The Labute approximate surface area is 135 Å². The second-order valence-electron chi connectivity index (χ2n) is 6.22. The third-order valence-corrected chi connectivity index (χ3v) is 4.69. The molecule has 0 radical (unpaired) electrons. The zero-order valence-corrected chi connectivity index (χ0v) is 13.2. The van der Waals surface area contributed by atoms with Crippen molar-refractivity contribution in [3.8, 4) is 0 Å². The zero-order chi connectivity index (χ0) is 16.6. The minimum atomic E-state index is -0.981. The van der Waals surface area contributed by atoms with Gasteiger partial charge in [0.2, 0.25) is 5.91 Å². The van der Waals surface area contributed by atoms with E-state index >= 15 is 0 Å². The first kappa shape index (κ1) is 15.7. The summed E-state index contributed by atoms with van der Waals surface area (Å²) in [6.07, 6.45) is 3.35. The Balaban J connectivity index is 1.76. The number of aliphatic carboxylic acids is 1. The van der Waals surface area contributed by atoms with Crippen molar-refractivity contribution in [2.75, 3.05) is 0 Å². The third kappa shape index (κ3) is 2.88. The molecule has 1 fully saturated rings. The first-order valence-corrected chi connectivity index (χ1v) is 7.94. The normalized spacial score (nSPS) is 29.5. The standard InChI is InChI=1S/C18H21NO4/c1-3-12(11-6-4-10(2)5-7-11)19-17(20)15-13-8-9-14(23-13)16(15)18(21)22/h4-9,12-16H,3H2,1-2H3,(H,19,20)(H,21,22)/t12-,13+,14+,15-,16-/m0/s1. The van der Waals surface area contributed by atoms with Gasteiger partial charge in [-0.05, 0) is 18.9 Å². The monoisotopic (exact) mass is 315 g/mol. The summed E-state index contributed by atoms with van der Waals surface area (Å²) >= 11 is 0. The fraction of sp³-hybridized carbons (Fsp3) is 0.444. The third-order valence-electron chi connectivity index (χ3n) is 4.69. The number of carbonyl (C=O) groups is 2. The van der Waals surface area contributed by atoms with Gasteiger partial charge < -0.3 is 15.2 Å². The molecule has 3 rings (SSSR count). The van der Waals surface area contributed by atoms with Crippen molar-refractivity contribution in [3.63, 3.8) is 0 Å². The number of amides is 1. The summed E-state index contributed by atoms with van der Waals surface area (Å²) in [5.41, 5.74) is 2.19. The lowest BCUT2D eigenvalue weighted by Crippen LogP contribution is -2.43. The molecule has 122 valence electrons. The fourth-order valence-corrected chi connectivity index (χ4v) is 3.40. The topological polar surface area (TPSA) is 75.6 Å². The molecule has 1 aromatic carbocycles. The number of carboxylic acids is 1. The van der Waals surface area contributed by atoms with Crippen LogP contribution in [0, 0.1) is 18.8 Å². The van der Waals surface area contributed by atoms with Gasteiger partial charge in [0.1, 0.15) is 5.92 Å².